The molecule has 0 radical (unpaired) electrons. The summed E-state index contributed by atoms with van der Waals surface area (Å²) in [6.07, 6.45) is 1.68. The van der Waals surface area contributed by atoms with Gasteiger partial charge in [-0.3, -0.25) is 0 Å². The maximum Gasteiger partial charge on any atom is 0.0826 e. The number of benzene rings is 1. The molecule has 0 bridgehead atoms. The van der Waals surface area contributed by atoms with Crippen molar-refractivity contribution in [1.29, 1.82) is 0 Å². The molecule has 0 amide bonds. The lowest BCUT2D eigenvalue weighted by atomic mass is 9.94. The minimum Gasteiger partial charge on any atom is -0.388 e. The van der Waals surface area contributed by atoms with Crippen LogP contribution in [0.15, 0.2) is 30.3 Å². The van der Waals surface area contributed by atoms with E-state index < -0.39 is 5.60 Å². The molecule has 1 saturated heterocycles. The molecule has 2 rings (SSSR count). The second kappa shape index (κ2) is 5.19. The Morgan fingerprint density at radius 2 is 2.00 bits per heavy atom. The lowest BCUT2D eigenvalue weighted by Crippen LogP contribution is -2.36. The Balaban J connectivity index is 1.93. The van der Waals surface area contributed by atoms with E-state index in [0.717, 1.165) is 32.5 Å². The highest BCUT2D eigenvalue weighted by Gasteiger charge is 2.35. The Bertz CT molecular complexity index is 349. The van der Waals surface area contributed by atoms with Gasteiger partial charge in [0, 0.05) is 26.1 Å². The molecule has 1 aliphatic heterocycles. The van der Waals surface area contributed by atoms with Crippen LogP contribution >= 0.6 is 0 Å². The summed E-state index contributed by atoms with van der Waals surface area (Å²) in [6, 6.07) is 10.3. The molecule has 1 aromatic rings. The van der Waals surface area contributed by atoms with Crippen LogP contribution in [0.2, 0.25) is 0 Å². The van der Waals surface area contributed by atoms with Gasteiger partial charge in [-0.2, -0.15) is 0 Å². The average molecular weight is 233 g/mol. The largest absolute Gasteiger partial charge is 0.388 e. The van der Waals surface area contributed by atoms with Gasteiger partial charge in [0.15, 0.2) is 0 Å². The normalized spacial score (nSPS) is 25.6. The first-order chi connectivity index (χ1) is 8.07. The first kappa shape index (κ1) is 12.6. The number of hydrogen-bond donors (Lipinski definition) is 1. The Morgan fingerprint density at radius 1 is 1.29 bits per heavy atom. The van der Waals surface area contributed by atoms with Gasteiger partial charge in [-0.1, -0.05) is 44.2 Å². The monoisotopic (exact) mass is 233 g/mol. The van der Waals surface area contributed by atoms with E-state index in [0.29, 0.717) is 5.92 Å². The quantitative estimate of drug-likeness (QED) is 0.862. The van der Waals surface area contributed by atoms with Gasteiger partial charge in [-0.15, -0.1) is 0 Å². The summed E-state index contributed by atoms with van der Waals surface area (Å²) < 4.78 is 0. The molecule has 1 aliphatic rings. The first-order valence-corrected chi connectivity index (χ1v) is 6.56. The average Bonchev–Trinajstić information content (AvgIpc) is 2.60. The van der Waals surface area contributed by atoms with E-state index >= 15 is 0 Å². The topological polar surface area (TPSA) is 23.5 Å². The fourth-order valence-corrected chi connectivity index (χ4v) is 2.73. The lowest BCUT2D eigenvalue weighted by molar-refractivity contribution is 0.0484. The molecule has 0 aliphatic carbocycles. The van der Waals surface area contributed by atoms with Crippen LogP contribution in [0, 0.1) is 5.92 Å². The standard InChI is InChI=1S/C15H23NO/c1-13(2)11-16-9-8-15(17,12-16)10-14-6-4-3-5-7-14/h3-7,13,17H,8-12H2,1-2H3. The summed E-state index contributed by atoms with van der Waals surface area (Å²) in [4.78, 5) is 2.38. The predicted octanol–water partition coefficient (Wildman–Crippen LogP) is 2.32. The smallest absolute Gasteiger partial charge is 0.0826 e. The van der Waals surface area contributed by atoms with Crippen LogP contribution in [-0.2, 0) is 6.42 Å². The van der Waals surface area contributed by atoms with Gasteiger partial charge >= 0.3 is 0 Å². The van der Waals surface area contributed by atoms with Crippen molar-refractivity contribution in [2.75, 3.05) is 19.6 Å². The van der Waals surface area contributed by atoms with Gasteiger partial charge < -0.3 is 10.0 Å². The van der Waals surface area contributed by atoms with Gasteiger partial charge in [0.25, 0.3) is 0 Å². The third-order valence-electron chi connectivity index (χ3n) is 3.41. The third-order valence-corrected chi connectivity index (χ3v) is 3.41. The molecule has 0 saturated carbocycles. The number of aliphatic hydroxyl groups is 1. The Morgan fingerprint density at radius 3 is 2.65 bits per heavy atom. The van der Waals surface area contributed by atoms with Crippen LogP contribution in [0.1, 0.15) is 25.8 Å². The van der Waals surface area contributed by atoms with E-state index in [4.69, 9.17) is 0 Å². The van der Waals surface area contributed by atoms with Crippen LogP contribution < -0.4 is 0 Å². The van der Waals surface area contributed by atoms with E-state index in [1.165, 1.54) is 5.56 Å². The Hall–Kier alpha value is -0.860. The molecule has 94 valence electrons. The van der Waals surface area contributed by atoms with Crippen LogP contribution in [0.4, 0.5) is 0 Å². The van der Waals surface area contributed by atoms with E-state index in [-0.39, 0.29) is 0 Å². The number of β-amino-alcohol motifs (C(OH)–C–C–N with tert-alkyl or cyclic N) is 1. The van der Waals surface area contributed by atoms with Crippen molar-refractivity contribution in [3.8, 4) is 0 Å². The maximum absolute atomic E-state index is 10.6. The highest BCUT2D eigenvalue weighted by molar-refractivity contribution is 5.18. The van der Waals surface area contributed by atoms with Crippen molar-refractivity contribution in [3.05, 3.63) is 35.9 Å². The number of rotatable bonds is 4. The molecule has 0 spiro atoms. The van der Waals surface area contributed by atoms with Crippen LogP contribution in [0.3, 0.4) is 0 Å². The zero-order chi connectivity index (χ0) is 12.3. The minimum atomic E-state index is -0.518. The van der Waals surface area contributed by atoms with E-state index in [2.05, 4.69) is 30.9 Å². The molecule has 1 N–H and O–H groups in total. The van der Waals surface area contributed by atoms with Crippen LogP contribution in [-0.4, -0.2) is 35.2 Å². The molecule has 1 aromatic carbocycles. The molecule has 1 fully saturated rings. The second-order valence-corrected chi connectivity index (χ2v) is 5.77. The summed E-state index contributed by atoms with van der Waals surface area (Å²) in [5.41, 5.74) is 0.720. The molecule has 1 atom stereocenters. The zero-order valence-electron chi connectivity index (χ0n) is 10.9. The summed E-state index contributed by atoms with van der Waals surface area (Å²) in [6.45, 7) is 7.40. The van der Waals surface area contributed by atoms with Crippen molar-refractivity contribution >= 4 is 0 Å². The van der Waals surface area contributed by atoms with Crippen LogP contribution in [0.5, 0.6) is 0 Å². The Kier molecular flexibility index (Phi) is 3.85. The molecule has 2 heteroatoms. The van der Waals surface area contributed by atoms with Crippen molar-refractivity contribution in [1.82, 2.24) is 4.90 Å². The summed E-state index contributed by atoms with van der Waals surface area (Å²) in [5, 5.41) is 10.6. The zero-order valence-corrected chi connectivity index (χ0v) is 10.9. The van der Waals surface area contributed by atoms with Gasteiger partial charge in [0.2, 0.25) is 0 Å². The van der Waals surface area contributed by atoms with Crippen molar-refractivity contribution in [2.24, 2.45) is 5.92 Å². The predicted molar refractivity (Wildman–Crippen MR) is 71.0 cm³/mol. The van der Waals surface area contributed by atoms with Crippen molar-refractivity contribution in [3.63, 3.8) is 0 Å². The van der Waals surface area contributed by atoms with Crippen molar-refractivity contribution < 1.29 is 5.11 Å². The number of likely N-dealkylation sites (tertiary alicyclic amines) is 1. The highest BCUT2D eigenvalue weighted by atomic mass is 16.3. The fraction of sp³-hybridized carbons (Fsp3) is 0.600. The van der Waals surface area contributed by atoms with Crippen molar-refractivity contribution in [2.45, 2.75) is 32.3 Å². The molecule has 1 unspecified atom stereocenters. The van der Waals surface area contributed by atoms with Gasteiger partial charge in [0.1, 0.15) is 0 Å². The lowest BCUT2D eigenvalue weighted by Gasteiger charge is -2.24. The van der Waals surface area contributed by atoms with Gasteiger partial charge in [0.05, 0.1) is 5.60 Å². The maximum atomic E-state index is 10.6. The summed E-state index contributed by atoms with van der Waals surface area (Å²) in [7, 11) is 0. The van der Waals surface area contributed by atoms with Crippen LogP contribution in [0.25, 0.3) is 0 Å². The number of nitrogens with zero attached hydrogens (tertiary/aromatic N) is 1. The summed E-state index contributed by atoms with van der Waals surface area (Å²) in [5.74, 6) is 0.675. The SMILES string of the molecule is CC(C)CN1CCC(O)(Cc2ccccc2)C1. The second-order valence-electron chi connectivity index (χ2n) is 5.77. The van der Waals surface area contributed by atoms with E-state index in [1.54, 1.807) is 0 Å². The van der Waals surface area contributed by atoms with E-state index in [1.807, 2.05) is 18.2 Å². The molecule has 2 nitrogen and oxygen atoms in total. The first-order valence-electron chi connectivity index (χ1n) is 6.56. The van der Waals surface area contributed by atoms with E-state index in [9.17, 15) is 5.11 Å². The molecular formula is C15H23NO. The number of hydrogen-bond acceptors (Lipinski definition) is 2. The summed E-state index contributed by atoms with van der Waals surface area (Å²) >= 11 is 0. The minimum absolute atomic E-state index is 0.518. The molecule has 0 aromatic heterocycles. The van der Waals surface area contributed by atoms with Gasteiger partial charge in [-0.25, -0.2) is 0 Å². The highest BCUT2D eigenvalue weighted by Crippen LogP contribution is 2.25. The Labute approximate surface area is 104 Å². The molecule has 1 heterocycles. The third kappa shape index (κ3) is 3.55. The molecular weight excluding hydrogens is 210 g/mol. The molecule has 17 heavy (non-hydrogen) atoms. The van der Waals surface area contributed by atoms with Gasteiger partial charge in [-0.05, 0) is 17.9 Å². The fourth-order valence-electron chi connectivity index (χ4n) is 2.73.